The zero-order valence-corrected chi connectivity index (χ0v) is 15.6. The Kier molecular flexibility index (Phi) is 6.27. The largest absolute Gasteiger partial charge is 0.339 e. The molecule has 1 aromatic carbocycles. The molecule has 3 heterocycles. The Bertz CT molecular complexity index is 966. The molecule has 0 atom stereocenters. The van der Waals surface area contributed by atoms with Crippen molar-refractivity contribution >= 4 is 24.0 Å². The molecule has 2 N–H and O–H groups in total. The van der Waals surface area contributed by atoms with Crippen LogP contribution in [0.2, 0.25) is 0 Å². The van der Waals surface area contributed by atoms with Crippen LogP contribution in [-0.2, 0) is 24.2 Å². The number of hydrogen-bond acceptors (Lipinski definition) is 7. The number of rotatable bonds is 5. The Hall–Kier alpha value is -2.91. The molecule has 1 amide bonds. The smallest absolute Gasteiger partial charge is 0.240 e. The average Bonchev–Trinajstić information content (AvgIpc) is 3.19. The van der Waals surface area contributed by atoms with E-state index in [1.165, 1.54) is 0 Å². The van der Waals surface area contributed by atoms with Gasteiger partial charge in [-0.2, -0.15) is 4.98 Å². The summed E-state index contributed by atoms with van der Waals surface area (Å²) in [7, 11) is 0. The van der Waals surface area contributed by atoms with Crippen molar-refractivity contribution in [2.75, 3.05) is 11.9 Å². The lowest BCUT2D eigenvalue weighted by atomic mass is 9.99. The number of carbonyl (C=O) groups is 1. The maximum atomic E-state index is 14.6. The highest BCUT2D eigenvalue weighted by Crippen LogP contribution is 2.24. The highest BCUT2D eigenvalue weighted by molar-refractivity contribution is 5.91. The Morgan fingerprint density at radius 3 is 2.89 bits per heavy atom. The number of anilines is 1. The number of aromatic nitrogens is 4. The van der Waals surface area contributed by atoms with E-state index in [1.807, 2.05) is 6.07 Å². The second-order valence-corrected chi connectivity index (χ2v) is 6.12. The SMILES string of the molecule is Cl.O=C(CCc1nc(-c2ncccn2)no1)Nc1ccc2c(c1F)CCNC2. The lowest BCUT2D eigenvalue weighted by Crippen LogP contribution is -2.25. The summed E-state index contributed by atoms with van der Waals surface area (Å²) in [5.41, 5.74) is 1.79. The monoisotopic (exact) mass is 404 g/mol. The van der Waals surface area contributed by atoms with Gasteiger partial charge < -0.3 is 15.2 Å². The number of halogens is 2. The zero-order chi connectivity index (χ0) is 18.6. The molecular weight excluding hydrogens is 387 g/mol. The third-order valence-electron chi connectivity index (χ3n) is 4.28. The summed E-state index contributed by atoms with van der Waals surface area (Å²) in [5.74, 6) is 0.231. The molecule has 3 aromatic rings. The van der Waals surface area contributed by atoms with E-state index in [1.54, 1.807) is 24.5 Å². The van der Waals surface area contributed by atoms with Crippen molar-refractivity contribution in [3.8, 4) is 11.6 Å². The summed E-state index contributed by atoms with van der Waals surface area (Å²) < 4.78 is 19.7. The van der Waals surface area contributed by atoms with Crippen molar-refractivity contribution < 1.29 is 13.7 Å². The minimum Gasteiger partial charge on any atom is -0.339 e. The Labute approximate surface area is 166 Å². The molecule has 1 aliphatic rings. The fourth-order valence-corrected chi connectivity index (χ4v) is 2.93. The Morgan fingerprint density at radius 2 is 2.07 bits per heavy atom. The fraction of sp³-hybridized carbons (Fsp3) is 0.278. The average molecular weight is 405 g/mol. The number of nitrogens with one attached hydrogen (secondary N) is 2. The first-order valence-corrected chi connectivity index (χ1v) is 8.61. The van der Waals surface area contributed by atoms with Gasteiger partial charge >= 0.3 is 0 Å². The van der Waals surface area contributed by atoms with Crippen LogP contribution in [0.4, 0.5) is 10.1 Å². The Morgan fingerprint density at radius 1 is 1.25 bits per heavy atom. The predicted molar refractivity (Wildman–Crippen MR) is 101 cm³/mol. The first-order chi connectivity index (χ1) is 13.2. The van der Waals surface area contributed by atoms with Gasteiger partial charge in [0.1, 0.15) is 5.82 Å². The van der Waals surface area contributed by atoms with E-state index >= 15 is 0 Å². The molecule has 146 valence electrons. The van der Waals surface area contributed by atoms with E-state index < -0.39 is 0 Å². The Balaban J connectivity index is 0.00000225. The molecule has 0 radical (unpaired) electrons. The highest BCUT2D eigenvalue weighted by atomic mass is 35.5. The van der Waals surface area contributed by atoms with Crippen LogP contribution in [0.1, 0.15) is 23.4 Å². The maximum absolute atomic E-state index is 14.6. The minimum absolute atomic E-state index is 0. The van der Waals surface area contributed by atoms with Crippen LogP contribution in [0.25, 0.3) is 11.6 Å². The van der Waals surface area contributed by atoms with Crippen LogP contribution < -0.4 is 10.6 Å². The van der Waals surface area contributed by atoms with Crippen LogP contribution in [0.5, 0.6) is 0 Å². The zero-order valence-electron chi connectivity index (χ0n) is 14.8. The molecular formula is C18H18ClFN6O2. The first kappa shape index (κ1) is 19.8. The second kappa shape index (κ2) is 8.85. The number of nitrogens with zero attached hydrogens (tertiary/aromatic N) is 4. The molecule has 1 aliphatic heterocycles. The summed E-state index contributed by atoms with van der Waals surface area (Å²) in [6, 6.07) is 5.12. The number of aryl methyl sites for hydroxylation is 1. The minimum atomic E-state index is -0.358. The van der Waals surface area contributed by atoms with Gasteiger partial charge in [-0.15, -0.1) is 12.4 Å². The third-order valence-corrected chi connectivity index (χ3v) is 4.28. The summed E-state index contributed by atoms with van der Waals surface area (Å²) in [6.45, 7) is 1.37. The van der Waals surface area contributed by atoms with Crippen molar-refractivity contribution in [2.24, 2.45) is 0 Å². The van der Waals surface area contributed by atoms with E-state index in [-0.39, 0.29) is 48.5 Å². The first-order valence-electron chi connectivity index (χ1n) is 8.61. The van der Waals surface area contributed by atoms with Gasteiger partial charge in [0.25, 0.3) is 0 Å². The van der Waals surface area contributed by atoms with E-state index in [4.69, 9.17) is 4.52 Å². The molecule has 0 bridgehead atoms. The van der Waals surface area contributed by atoms with Gasteiger partial charge in [-0.3, -0.25) is 4.79 Å². The van der Waals surface area contributed by atoms with Crippen LogP contribution in [0, 0.1) is 5.82 Å². The molecule has 2 aromatic heterocycles. The molecule has 0 aliphatic carbocycles. The van der Waals surface area contributed by atoms with E-state index in [2.05, 4.69) is 30.7 Å². The molecule has 10 heteroatoms. The summed E-state index contributed by atoms with van der Waals surface area (Å²) in [4.78, 5) is 24.4. The lowest BCUT2D eigenvalue weighted by Gasteiger charge is -2.19. The van der Waals surface area contributed by atoms with E-state index in [0.29, 0.717) is 30.2 Å². The molecule has 28 heavy (non-hydrogen) atoms. The fourth-order valence-electron chi connectivity index (χ4n) is 2.93. The summed E-state index contributed by atoms with van der Waals surface area (Å²) in [6.07, 6.45) is 4.10. The number of benzene rings is 1. The topological polar surface area (TPSA) is 106 Å². The maximum Gasteiger partial charge on any atom is 0.240 e. The quantitative estimate of drug-likeness (QED) is 0.672. The van der Waals surface area contributed by atoms with Gasteiger partial charge in [-0.25, -0.2) is 14.4 Å². The van der Waals surface area contributed by atoms with Crippen LogP contribution >= 0.6 is 12.4 Å². The van der Waals surface area contributed by atoms with Gasteiger partial charge in [-0.1, -0.05) is 11.2 Å². The molecule has 0 saturated carbocycles. The predicted octanol–water partition coefficient (Wildman–Crippen LogP) is 2.30. The van der Waals surface area contributed by atoms with Crippen molar-refractivity contribution in [3.63, 3.8) is 0 Å². The normalized spacial score (nSPS) is 12.8. The third kappa shape index (κ3) is 4.32. The number of hydrogen-bond donors (Lipinski definition) is 2. The van der Waals surface area contributed by atoms with Crippen molar-refractivity contribution in [3.05, 3.63) is 53.4 Å². The number of fused-ring (bicyclic) bond motifs is 1. The van der Waals surface area contributed by atoms with Gasteiger partial charge in [0.2, 0.25) is 23.4 Å². The summed E-state index contributed by atoms with van der Waals surface area (Å²) in [5, 5.41) is 9.62. The van der Waals surface area contributed by atoms with Gasteiger partial charge in [0.05, 0.1) is 5.69 Å². The van der Waals surface area contributed by atoms with Crippen molar-refractivity contribution in [1.29, 1.82) is 0 Å². The lowest BCUT2D eigenvalue weighted by molar-refractivity contribution is -0.116. The van der Waals surface area contributed by atoms with Crippen LogP contribution in [0.15, 0.2) is 35.1 Å². The van der Waals surface area contributed by atoms with Gasteiger partial charge in [0, 0.05) is 31.8 Å². The molecule has 4 rings (SSSR count). The molecule has 0 spiro atoms. The van der Waals surface area contributed by atoms with Gasteiger partial charge in [0.15, 0.2) is 0 Å². The standard InChI is InChI=1S/C18H17FN6O2.ClH/c19-16-12-6-9-20-10-11(12)2-3-13(16)23-14(26)4-5-15-24-18(25-27-15)17-21-7-1-8-22-17;/h1-3,7-8,20H,4-6,9-10H2,(H,23,26);1H. The summed E-state index contributed by atoms with van der Waals surface area (Å²) >= 11 is 0. The highest BCUT2D eigenvalue weighted by Gasteiger charge is 2.18. The van der Waals surface area contributed by atoms with E-state index in [0.717, 1.165) is 12.1 Å². The van der Waals surface area contributed by atoms with E-state index in [9.17, 15) is 9.18 Å². The molecule has 0 unspecified atom stereocenters. The van der Waals surface area contributed by atoms with Crippen molar-refractivity contribution in [1.82, 2.24) is 25.4 Å². The van der Waals surface area contributed by atoms with Gasteiger partial charge in [-0.05, 0) is 36.2 Å². The van der Waals surface area contributed by atoms with Crippen LogP contribution in [-0.4, -0.2) is 32.6 Å². The van der Waals surface area contributed by atoms with Crippen molar-refractivity contribution in [2.45, 2.75) is 25.8 Å². The molecule has 8 nitrogen and oxygen atoms in total. The second-order valence-electron chi connectivity index (χ2n) is 6.12. The molecule has 0 fully saturated rings. The number of carbonyl (C=O) groups excluding carboxylic acids is 1. The molecule has 0 saturated heterocycles. The van der Waals surface area contributed by atoms with Crippen LogP contribution in [0.3, 0.4) is 0 Å². The number of amides is 1.